The zero-order chi connectivity index (χ0) is 12.8. The second-order valence-electron chi connectivity index (χ2n) is 3.42. The topological polar surface area (TPSA) is 96.1 Å². The number of hydrazine groups is 1. The molecule has 1 aromatic heterocycles. The Hall–Kier alpha value is -1.12. The third-order valence-corrected chi connectivity index (χ3v) is 3.44. The summed E-state index contributed by atoms with van der Waals surface area (Å²) in [4.78, 5) is 7.49. The van der Waals surface area contributed by atoms with Gasteiger partial charge in [-0.2, -0.15) is 16.7 Å². The summed E-state index contributed by atoms with van der Waals surface area (Å²) in [6.07, 6.45) is 2.91. The van der Waals surface area contributed by atoms with E-state index in [0.717, 1.165) is 6.20 Å². The summed E-state index contributed by atoms with van der Waals surface area (Å²) in [6, 6.07) is -0.134. The molecule has 1 rings (SSSR count). The minimum Gasteiger partial charge on any atom is -0.395 e. The largest absolute Gasteiger partial charge is 0.395 e. The lowest BCUT2D eigenvalue weighted by molar-refractivity contribution is 0.288. The Morgan fingerprint density at radius 1 is 1.65 bits per heavy atom. The van der Waals surface area contributed by atoms with Gasteiger partial charge in [-0.1, -0.05) is 0 Å². The number of nitrogen functional groups attached to an aromatic ring is 1. The predicted molar refractivity (Wildman–Crippen MR) is 67.3 cm³/mol. The van der Waals surface area contributed by atoms with Crippen molar-refractivity contribution in [2.45, 2.75) is 18.2 Å². The summed E-state index contributed by atoms with van der Waals surface area (Å²) >= 11 is 1.49. The number of aliphatic hydroxyl groups is 1. The predicted octanol–water partition coefficient (Wildman–Crippen LogP) is 0.426. The molecule has 0 aromatic carbocycles. The van der Waals surface area contributed by atoms with Gasteiger partial charge in [-0.25, -0.2) is 15.2 Å². The number of nitrogens with zero attached hydrogens (tertiary/aromatic N) is 2. The Morgan fingerprint density at radius 2 is 2.35 bits per heavy atom. The van der Waals surface area contributed by atoms with Crippen molar-refractivity contribution < 1.29 is 9.50 Å². The van der Waals surface area contributed by atoms with Gasteiger partial charge in [0.05, 0.1) is 12.8 Å². The highest BCUT2D eigenvalue weighted by Gasteiger charge is 2.17. The number of hydrogen-bond acceptors (Lipinski definition) is 7. The van der Waals surface area contributed by atoms with Crippen molar-refractivity contribution in [2.75, 3.05) is 23.6 Å². The van der Waals surface area contributed by atoms with Crippen LogP contribution in [0.15, 0.2) is 6.20 Å². The fourth-order valence-corrected chi connectivity index (χ4v) is 1.91. The molecule has 0 amide bonds. The first-order valence-corrected chi connectivity index (χ1v) is 6.30. The summed E-state index contributed by atoms with van der Waals surface area (Å²) in [5.41, 5.74) is 2.24. The van der Waals surface area contributed by atoms with Crippen LogP contribution in [0.5, 0.6) is 0 Å². The van der Waals surface area contributed by atoms with E-state index in [1.165, 1.54) is 11.8 Å². The fourth-order valence-electron chi connectivity index (χ4n) is 1.28. The minimum absolute atomic E-state index is 0.00400. The van der Waals surface area contributed by atoms with E-state index in [0.29, 0.717) is 0 Å². The molecule has 5 N–H and O–H groups in total. The highest BCUT2D eigenvalue weighted by molar-refractivity contribution is 7.99. The molecule has 1 heterocycles. The van der Waals surface area contributed by atoms with Crippen LogP contribution in [-0.4, -0.2) is 39.2 Å². The number of hydrogen-bond donors (Lipinski definition) is 4. The van der Waals surface area contributed by atoms with Crippen LogP contribution in [0.3, 0.4) is 0 Å². The first kappa shape index (κ1) is 13.9. The lowest BCUT2D eigenvalue weighted by atomic mass is 10.2. The van der Waals surface area contributed by atoms with Crippen molar-refractivity contribution in [3.63, 3.8) is 0 Å². The molecule has 17 heavy (non-hydrogen) atoms. The quantitative estimate of drug-likeness (QED) is 0.435. The molecule has 8 heteroatoms. The molecule has 0 bridgehead atoms. The van der Waals surface area contributed by atoms with Crippen molar-refractivity contribution in [1.29, 1.82) is 0 Å². The van der Waals surface area contributed by atoms with Gasteiger partial charge in [-0.3, -0.25) is 5.43 Å². The summed E-state index contributed by atoms with van der Waals surface area (Å²) in [7, 11) is 0. The molecule has 0 radical (unpaired) electrons. The van der Waals surface area contributed by atoms with Crippen LogP contribution in [0.2, 0.25) is 0 Å². The number of thioether (sulfide) groups is 1. The molecular formula is C9H16FN5OS. The number of nitrogens with two attached hydrogens (primary N) is 1. The maximum Gasteiger partial charge on any atom is 0.239 e. The normalized spacial score (nSPS) is 14.2. The zero-order valence-electron chi connectivity index (χ0n) is 9.64. The molecule has 0 aliphatic carbocycles. The Morgan fingerprint density at radius 3 is 2.88 bits per heavy atom. The number of aromatic nitrogens is 2. The Bertz CT molecular complexity index is 363. The smallest absolute Gasteiger partial charge is 0.239 e. The van der Waals surface area contributed by atoms with Crippen LogP contribution in [-0.2, 0) is 0 Å². The van der Waals surface area contributed by atoms with Crippen LogP contribution < -0.4 is 16.6 Å². The summed E-state index contributed by atoms with van der Waals surface area (Å²) < 4.78 is 13.4. The van der Waals surface area contributed by atoms with Gasteiger partial charge >= 0.3 is 0 Å². The summed E-state index contributed by atoms with van der Waals surface area (Å²) in [5.74, 6) is 4.77. The van der Waals surface area contributed by atoms with E-state index in [2.05, 4.69) is 20.7 Å². The molecule has 0 saturated heterocycles. The van der Waals surface area contributed by atoms with Crippen molar-refractivity contribution >= 4 is 23.5 Å². The SMILES string of the molecule is CSC(CO)C(C)Nc1nc(NN)ncc1F. The summed E-state index contributed by atoms with van der Waals surface area (Å²) in [5, 5.41) is 12.0. The Balaban J connectivity index is 2.79. The van der Waals surface area contributed by atoms with Gasteiger partial charge in [0, 0.05) is 11.3 Å². The average molecular weight is 261 g/mol. The van der Waals surface area contributed by atoms with E-state index in [-0.39, 0.29) is 29.7 Å². The number of aliphatic hydroxyl groups excluding tert-OH is 1. The van der Waals surface area contributed by atoms with Gasteiger partial charge in [0.1, 0.15) is 0 Å². The second kappa shape index (κ2) is 6.58. The Labute approximate surface area is 103 Å². The number of halogens is 1. The third-order valence-electron chi connectivity index (χ3n) is 2.28. The highest BCUT2D eigenvalue weighted by atomic mass is 32.2. The van der Waals surface area contributed by atoms with E-state index >= 15 is 0 Å². The van der Waals surface area contributed by atoms with Crippen LogP contribution >= 0.6 is 11.8 Å². The molecule has 1 aromatic rings. The monoisotopic (exact) mass is 261 g/mol. The molecule has 0 saturated carbocycles. The van der Waals surface area contributed by atoms with Crippen LogP contribution in [0, 0.1) is 5.82 Å². The van der Waals surface area contributed by atoms with Gasteiger partial charge in [0.2, 0.25) is 5.95 Å². The summed E-state index contributed by atoms with van der Waals surface area (Å²) in [6.45, 7) is 1.85. The van der Waals surface area contributed by atoms with Gasteiger partial charge in [-0.05, 0) is 13.2 Å². The van der Waals surface area contributed by atoms with Crippen LogP contribution in [0.1, 0.15) is 6.92 Å². The van der Waals surface area contributed by atoms with Crippen molar-refractivity contribution in [2.24, 2.45) is 5.84 Å². The van der Waals surface area contributed by atoms with Gasteiger partial charge in [0.25, 0.3) is 0 Å². The van der Waals surface area contributed by atoms with Gasteiger partial charge < -0.3 is 10.4 Å². The van der Waals surface area contributed by atoms with Crippen molar-refractivity contribution in [3.8, 4) is 0 Å². The molecule has 96 valence electrons. The second-order valence-corrected chi connectivity index (χ2v) is 4.50. The first-order chi connectivity index (χ1) is 8.12. The molecular weight excluding hydrogens is 245 g/mol. The molecule has 0 aliphatic heterocycles. The number of anilines is 2. The molecule has 2 unspecified atom stereocenters. The van der Waals surface area contributed by atoms with Crippen LogP contribution in [0.4, 0.5) is 16.2 Å². The van der Waals surface area contributed by atoms with E-state index in [9.17, 15) is 4.39 Å². The van der Waals surface area contributed by atoms with E-state index in [1.54, 1.807) is 0 Å². The number of nitrogens with one attached hydrogen (secondary N) is 2. The van der Waals surface area contributed by atoms with Gasteiger partial charge in [0.15, 0.2) is 11.6 Å². The lowest BCUT2D eigenvalue weighted by Gasteiger charge is -2.22. The molecule has 0 aliphatic rings. The third kappa shape index (κ3) is 3.69. The zero-order valence-corrected chi connectivity index (χ0v) is 10.5. The van der Waals surface area contributed by atoms with Crippen molar-refractivity contribution in [3.05, 3.63) is 12.0 Å². The van der Waals surface area contributed by atoms with E-state index < -0.39 is 5.82 Å². The molecule has 2 atom stereocenters. The maximum atomic E-state index is 13.4. The van der Waals surface area contributed by atoms with E-state index in [4.69, 9.17) is 10.9 Å². The first-order valence-electron chi connectivity index (χ1n) is 5.01. The fraction of sp³-hybridized carbons (Fsp3) is 0.556. The standard InChI is InChI=1S/C9H16FN5OS/c1-5(7(4-16)17-2)13-8-6(10)3-12-9(14-8)15-11/h3,5,7,16H,4,11H2,1-2H3,(H2,12,13,14,15). The average Bonchev–Trinajstić information content (AvgIpc) is 2.33. The highest BCUT2D eigenvalue weighted by Crippen LogP contribution is 2.17. The minimum atomic E-state index is -0.561. The lowest BCUT2D eigenvalue weighted by Crippen LogP contribution is -2.31. The molecule has 6 nitrogen and oxygen atoms in total. The molecule has 0 spiro atoms. The van der Waals surface area contributed by atoms with E-state index in [1.807, 2.05) is 13.2 Å². The van der Waals surface area contributed by atoms with Crippen molar-refractivity contribution in [1.82, 2.24) is 9.97 Å². The van der Waals surface area contributed by atoms with Gasteiger partial charge in [-0.15, -0.1) is 0 Å². The maximum absolute atomic E-state index is 13.4. The molecule has 0 fully saturated rings. The van der Waals surface area contributed by atoms with Crippen LogP contribution in [0.25, 0.3) is 0 Å². The Kier molecular flexibility index (Phi) is 5.39. The number of rotatable bonds is 6.